The van der Waals surface area contributed by atoms with Crippen molar-refractivity contribution >= 4 is 7.29 Å². The minimum atomic E-state index is -2.42. The van der Waals surface area contributed by atoms with E-state index >= 15 is 0 Å². The zero-order valence-corrected chi connectivity index (χ0v) is 18.5. The first-order chi connectivity index (χ1) is 11.9. The van der Waals surface area contributed by atoms with E-state index in [2.05, 4.69) is 45.4 Å². The molecule has 0 saturated carbocycles. The van der Waals surface area contributed by atoms with E-state index in [0.29, 0.717) is 12.6 Å². The van der Waals surface area contributed by atoms with Crippen molar-refractivity contribution in [3.05, 3.63) is 0 Å². The van der Waals surface area contributed by atoms with E-state index in [4.69, 9.17) is 5.26 Å². The molecule has 148 valence electrons. The van der Waals surface area contributed by atoms with Crippen molar-refractivity contribution in [2.45, 2.75) is 117 Å². The fourth-order valence-corrected chi connectivity index (χ4v) is 7.39. The van der Waals surface area contributed by atoms with Crippen molar-refractivity contribution in [3.8, 4) is 6.07 Å². The molecule has 0 amide bonds. The van der Waals surface area contributed by atoms with Crippen LogP contribution in [0.4, 0.5) is 0 Å². The highest BCUT2D eigenvalue weighted by Gasteiger charge is 2.33. The van der Waals surface area contributed by atoms with Crippen LogP contribution in [0.1, 0.15) is 105 Å². The largest absolute Gasteiger partial charge is 0.306 e. The number of rotatable bonds is 16. The highest BCUT2D eigenvalue weighted by atomic mass is 31.2. The first-order valence-corrected chi connectivity index (χ1v) is 12.7. The van der Waals surface area contributed by atoms with E-state index in [1.807, 2.05) is 0 Å². The van der Waals surface area contributed by atoms with Gasteiger partial charge in [-0.25, -0.2) is 4.67 Å². The average Bonchev–Trinajstić information content (AvgIpc) is 2.54. The molecule has 0 aliphatic rings. The van der Waals surface area contributed by atoms with Crippen LogP contribution < -0.4 is 0 Å². The molecule has 0 spiro atoms. The van der Waals surface area contributed by atoms with Crippen molar-refractivity contribution in [2.24, 2.45) is 0 Å². The lowest BCUT2D eigenvalue weighted by Crippen LogP contribution is -2.36. The first-order valence-electron chi connectivity index (χ1n) is 10.6. The van der Waals surface area contributed by atoms with E-state index in [1.54, 1.807) is 0 Å². The minimum Gasteiger partial charge on any atom is -0.306 e. The van der Waals surface area contributed by atoms with E-state index in [0.717, 1.165) is 12.6 Å². The smallest absolute Gasteiger partial charge is 0.151 e. The molecule has 1 atom stereocenters. The van der Waals surface area contributed by atoms with E-state index in [-0.39, 0.29) is 12.1 Å². The molecule has 0 N–H and O–H groups in total. The molecule has 3 nitrogen and oxygen atoms in total. The Morgan fingerprint density at radius 3 is 1.64 bits per heavy atom. The van der Waals surface area contributed by atoms with Gasteiger partial charge in [-0.05, 0) is 34.1 Å². The highest BCUT2D eigenvalue weighted by Crippen LogP contribution is 2.53. The fraction of sp³-hybridized carbons (Fsp3) is 0.952. The molecule has 0 aromatic carbocycles. The van der Waals surface area contributed by atoms with Crippen LogP contribution >= 0.6 is 7.29 Å². The predicted molar refractivity (Wildman–Crippen MR) is 112 cm³/mol. The Kier molecular flexibility index (Phi) is 14.6. The molecular formula is C21H43N2OP. The Bertz CT molecular complexity index is 393. The fourth-order valence-electron chi connectivity index (χ4n) is 3.85. The maximum Gasteiger partial charge on any atom is 0.151 e. The standard InChI is InChI=1S/C21H43N2OP/c1-6-7-8-9-10-11-12-13-14-15-18-25(24,19-16-17-22)23(20(2)3)21(4)5/h20-21H,6-16,18-19H2,1-5H3. The number of hydrogen-bond donors (Lipinski definition) is 0. The van der Waals surface area contributed by atoms with Gasteiger partial charge in [0, 0.05) is 30.8 Å². The molecule has 0 aromatic heterocycles. The van der Waals surface area contributed by atoms with Crippen LogP contribution in [0.2, 0.25) is 0 Å². The molecule has 0 fully saturated rings. The van der Waals surface area contributed by atoms with E-state index in [9.17, 15) is 4.57 Å². The molecule has 0 aliphatic heterocycles. The number of unbranched alkanes of at least 4 members (excludes halogenated alkanes) is 9. The maximum absolute atomic E-state index is 13.6. The lowest BCUT2D eigenvalue weighted by Gasteiger charge is -2.38. The van der Waals surface area contributed by atoms with Crippen molar-refractivity contribution in [1.29, 1.82) is 5.26 Å². The summed E-state index contributed by atoms with van der Waals surface area (Å²) in [6.07, 6.45) is 14.7. The summed E-state index contributed by atoms with van der Waals surface area (Å²) in [4.78, 5) is 0. The van der Waals surface area contributed by atoms with Gasteiger partial charge in [0.1, 0.15) is 0 Å². The molecule has 0 radical (unpaired) electrons. The highest BCUT2D eigenvalue weighted by molar-refractivity contribution is 7.61. The van der Waals surface area contributed by atoms with Crippen LogP contribution in [0.25, 0.3) is 0 Å². The van der Waals surface area contributed by atoms with Gasteiger partial charge < -0.3 is 4.57 Å². The van der Waals surface area contributed by atoms with Gasteiger partial charge in [-0.15, -0.1) is 0 Å². The lowest BCUT2D eigenvalue weighted by atomic mass is 10.1. The van der Waals surface area contributed by atoms with Gasteiger partial charge in [0.25, 0.3) is 0 Å². The summed E-state index contributed by atoms with van der Waals surface area (Å²) >= 11 is 0. The third-order valence-corrected chi connectivity index (χ3v) is 8.62. The average molecular weight is 371 g/mol. The Hall–Kier alpha value is -0.320. The second kappa shape index (κ2) is 14.8. The van der Waals surface area contributed by atoms with Crippen LogP contribution in [0, 0.1) is 11.3 Å². The second-order valence-electron chi connectivity index (χ2n) is 7.95. The molecular weight excluding hydrogens is 327 g/mol. The zero-order valence-electron chi connectivity index (χ0n) is 17.6. The summed E-state index contributed by atoms with van der Waals surface area (Å²) in [7, 11) is -2.42. The summed E-state index contributed by atoms with van der Waals surface area (Å²) in [5.74, 6) is 0. The maximum atomic E-state index is 13.6. The lowest BCUT2D eigenvalue weighted by molar-refractivity contribution is 0.298. The summed E-state index contributed by atoms with van der Waals surface area (Å²) in [5.41, 5.74) is 0. The number of nitrogens with zero attached hydrogens (tertiary/aromatic N) is 2. The molecule has 0 aromatic rings. The summed E-state index contributed by atoms with van der Waals surface area (Å²) in [5, 5.41) is 8.94. The molecule has 0 bridgehead atoms. The van der Waals surface area contributed by atoms with Gasteiger partial charge in [-0.2, -0.15) is 5.26 Å². The molecule has 4 heteroatoms. The second-order valence-corrected chi connectivity index (χ2v) is 11.0. The van der Waals surface area contributed by atoms with Gasteiger partial charge in [0.15, 0.2) is 7.29 Å². The van der Waals surface area contributed by atoms with E-state index in [1.165, 1.54) is 57.8 Å². The summed E-state index contributed by atoms with van der Waals surface area (Å²) in [6, 6.07) is 2.74. The Morgan fingerprint density at radius 2 is 1.24 bits per heavy atom. The third kappa shape index (κ3) is 11.1. The monoisotopic (exact) mass is 370 g/mol. The van der Waals surface area contributed by atoms with Gasteiger partial charge >= 0.3 is 0 Å². The molecule has 0 saturated heterocycles. The van der Waals surface area contributed by atoms with Gasteiger partial charge in [-0.3, -0.25) is 0 Å². The summed E-state index contributed by atoms with van der Waals surface area (Å²) in [6.45, 7) is 10.7. The van der Waals surface area contributed by atoms with Crippen LogP contribution in [-0.2, 0) is 4.57 Å². The Labute approximate surface area is 158 Å². The normalized spacial score (nSPS) is 14.2. The molecule has 0 rings (SSSR count). The van der Waals surface area contributed by atoms with Gasteiger partial charge in [-0.1, -0.05) is 64.7 Å². The van der Waals surface area contributed by atoms with Crippen LogP contribution in [-0.4, -0.2) is 29.1 Å². The number of nitriles is 1. The molecule has 0 heterocycles. The minimum absolute atomic E-state index is 0.271. The van der Waals surface area contributed by atoms with Crippen molar-refractivity contribution in [1.82, 2.24) is 4.67 Å². The van der Waals surface area contributed by atoms with Crippen LogP contribution in [0.5, 0.6) is 0 Å². The van der Waals surface area contributed by atoms with Gasteiger partial charge in [0.2, 0.25) is 0 Å². The zero-order chi connectivity index (χ0) is 19.1. The van der Waals surface area contributed by atoms with Crippen LogP contribution in [0.15, 0.2) is 0 Å². The third-order valence-electron chi connectivity index (χ3n) is 4.91. The molecule has 25 heavy (non-hydrogen) atoms. The Balaban J connectivity index is 4.20. The SMILES string of the molecule is CCCCCCCCCCCCP(=O)(CCC#N)N(C(C)C)C(C)C. The van der Waals surface area contributed by atoms with E-state index < -0.39 is 7.29 Å². The number of hydrogen-bond acceptors (Lipinski definition) is 2. The molecule has 0 aliphatic carbocycles. The summed E-state index contributed by atoms with van der Waals surface area (Å²) < 4.78 is 15.8. The van der Waals surface area contributed by atoms with Gasteiger partial charge in [0.05, 0.1) is 6.07 Å². The van der Waals surface area contributed by atoms with Crippen molar-refractivity contribution in [3.63, 3.8) is 0 Å². The van der Waals surface area contributed by atoms with Crippen molar-refractivity contribution in [2.75, 3.05) is 12.3 Å². The van der Waals surface area contributed by atoms with Crippen molar-refractivity contribution < 1.29 is 4.57 Å². The topological polar surface area (TPSA) is 44.1 Å². The first kappa shape index (κ1) is 24.7. The van der Waals surface area contributed by atoms with Crippen LogP contribution in [0.3, 0.4) is 0 Å². The molecule has 1 unspecified atom stereocenters. The quantitative estimate of drug-likeness (QED) is 0.213. The predicted octanol–water partition coefficient (Wildman–Crippen LogP) is 7.22. The Morgan fingerprint density at radius 1 is 0.800 bits per heavy atom.